The van der Waals surface area contributed by atoms with Crippen molar-refractivity contribution >= 4 is 16.0 Å². The summed E-state index contributed by atoms with van der Waals surface area (Å²) in [4.78, 5) is 10.4. The number of aliphatic hydroxyl groups excluding tert-OH is 1. The maximum Gasteiger partial charge on any atom is 0.325 e. The Morgan fingerprint density at radius 3 is 2.75 bits per heavy atom. The van der Waals surface area contributed by atoms with Gasteiger partial charge in [-0.1, -0.05) is 13.8 Å². The smallest absolute Gasteiger partial charge is 0.325 e. The summed E-state index contributed by atoms with van der Waals surface area (Å²) in [5.41, 5.74) is -0.524. The molecular weight excluding hydrogens is 286 g/mol. The van der Waals surface area contributed by atoms with Crippen LogP contribution in [0.4, 0.5) is 0 Å². The quantitative estimate of drug-likeness (QED) is 0.668. The Bertz CT molecular complexity index is 622. The molecule has 1 aliphatic rings. The van der Waals surface area contributed by atoms with Crippen molar-refractivity contribution in [3.05, 3.63) is 12.4 Å². The van der Waals surface area contributed by atoms with Crippen molar-refractivity contribution in [3.8, 4) is 0 Å². The van der Waals surface area contributed by atoms with Gasteiger partial charge in [0.15, 0.2) is 0 Å². The fraction of sp³-hybridized carbons (Fsp3) is 0.636. The van der Waals surface area contributed by atoms with Gasteiger partial charge in [0.05, 0.1) is 12.3 Å². The number of rotatable bonds is 5. The number of nitrogens with zero attached hydrogens (tertiary/aromatic N) is 2. The van der Waals surface area contributed by atoms with E-state index in [1.807, 2.05) is 0 Å². The summed E-state index contributed by atoms with van der Waals surface area (Å²) in [6, 6.07) is -0.356. The van der Waals surface area contributed by atoms with Crippen molar-refractivity contribution in [2.45, 2.75) is 43.9 Å². The molecule has 2 atom stereocenters. The Morgan fingerprint density at radius 1 is 1.60 bits per heavy atom. The molecule has 0 amide bonds. The minimum Gasteiger partial charge on any atom is -0.480 e. The van der Waals surface area contributed by atoms with Crippen molar-refractivity contribution < 1.29 is 23.4 Å². The number of hydrogen-bond acceptors (Lipinski definition) is 5. The van der Waals surface area contributed by atoms with E-state index in [9.17, 15) is 18.3 Å². The third-order valence-electron chi connectivity index (χ3n) is 3.73. The van der Waals surface area contributed by atoms with Crippen LogP contribution in [-0.4, -0.2) is 46.5 Å². The molecule has 0 bridgehead atoms. The van der Waals surface area contributed by atoms with Crippen LogP contribution >= 0.6 is 0 Å². The summed E-state index contributed by atoms with van der Waals surface area (Å²) in [5, 5.41) is 21.9. The second-order valence-electron chi connectivity index (χ2n) is 5.51. The fourth-order valence-corrected chi connectivity index (χ4v) is 3.42. The third kappa shape index (κ3) is 2.69. The van der Waals surface area contributed by atoms with Gasteiger partial charge in [-0.25, -0.2) is 13.1 Å². The van der Waals surface area contributed by atoms with E-state index in [4.69, 9.17) is 5.11 Å². The third-order valence-corrected chi connectivity index (χ3v) is 5.16. The van der Waals surface area contributed by atoms with E-state index in [1.54, 1.807) is 13.8 Å². The van der Waals surface area contributed by atoms with E-state index >= 15 is 0 Å². The van der Waals surface area contributed by atoms with Crippen molar-refractivity contribution in [2.75, 3.05) is 0 Å². The van der Waals surface area contributed by atoms with E-state index in [0.29, 0.717) is 6.42 Å². The van der Waals surface area contributed by atoms with Crippen LogP contribution in [0.1, 0.15) is 20.3 Å². The highest BCUT2D eigenvalue weighted by Gasteiger charge is 2.49. The van der Waals surface area contributed by atoms with Crippen molar-refractivity contribution in [1.82, 2.24) is 14.5 Å². The zero-order chi connectivity index (χ0) is 15.1. The molecule has 9 heteroatoms. The molecule has 1 saturated carbocycles. The summed E-state index contributed by atoms with van der Waals surface area (Å²) in [6.45, 7) is 3.16. The Hall–Kier alpha value is -1.45. The molecule has 0 aromatic carbocycles. The highest BCUT2D eigenvalue weighted by molar-refractivity contribution is 7.89. The maximum absolute atomic E-state index is 12.1. The van der Waals surface area contributed by atoms with Gasteiger partial charge in [0.25, 0.3) is 0 Å². The van der Waals surface area contributed by atoms with Crippen LogP contribution in [0.3, 0.4) is 0 Å². The summed E-state index contributed by atoms with van der Waals surface area (Å²) >= 11 is 0. The van der Waals surface area contributed by atoms with E-state index in [2.05, 4.69) is 9.82 Å². The monoisotopic (exact) mass is 303 g/mol. The van der Waals surface area contributed by atoms with E-state index in [1.165, 1.54) is 6.20 Å². The molecule has 1 heterocycles. The predicted molar refractivity (Wildman–Crippen MR) is 68.4 cm³/mol. The molecule has 112 valence electrons. The first-order valence-electron chi connectivity index (χ1n) is 6.07. The minimum atomic E-state index is -3.77. The number of nitrogens with one attached hydrogen (secondary N) is 1. The summed E-state index contributed by atoms with van der Waals surface area (Å²) in [7, 11) is -3.77. The average molecular weight is 303 g/mol. The number of aromatic nitrogens is 2. The molecule has 1 aliphatic carbocycles. The van der Waals surface area contributed by atoms with Crippen LogP contribution in [0.15, 0.2) is 17.3 Å². The van der Waals surface area contributed by atoms with Gasteiger partial charge < -0.3 is 10.2 Å². The second kappa shape index (κ2) is 4.83. The van der Waals surface area contributed by atoms with Crippen LogP contribution < -0.4 is 4.72 Å². The zero-order valence-electron chi connectivity index (χ0n) is 11.1. The predicted octanol–water partition coefficient (Wildman–Crippen LogP) is -0.595. The SMILES string of the molecule is CC1(C)C(O)CC1NS(=O)(=O)c1cnn(CC(=O)O)c1. The van der Waals surface area contributed by atoms with E-state index in [0.717, 1.165) is 10.9 Å². The van der Waals surface area contributed by atoms with Gasteiger partial charge in [-0.2, -0.15) is 5.10 Å². The Labute approximate surface area is 116 Å². The summed E-state index contributed by atoms with van der Waals surface area (Å²) in [6.07, 6.45) is 2.09. The second-order valence-corrected chi connectivity index (χ2v) is 7.23. The van der Waals surface area contributed by atoms with Gasteiger partial charge in [0.2, 0.25) is 10.0 Å². The van der Waals surface area contributed by atoms with Crippen LogP contribution in [0.2, 0.25) is 0 Å². The van der Waals surface area contributed by atoms with Crippen molar-refractivity contribution in [3.63, 3.8) is 0 Å². The molecule has 3 N–H and O–H groups in total. The number of carboxylic acid groups (broad SMARTS) is 1. The highest BCUT2D eigenvalue weighted by Crippen LogP contribution is 2.41. The number of hydrogen-bond donors (Lipinski definition) is 3. The molecule has 1 aromatic heterocycles. The van der Waals surface area contributed by atoms with Crippen LogP contribution in [0.25, 0.3) is 0 Å². The van der Waals surface area contributed by atoms with E-state index < -0.39 is 34.1 Å². The molecule has 1 aromatic rings. The van der Waals surface area contributed by atoms with Gasteiger partial charge in [-0.3, -0.25) is 9.48 Å². The lowest BCUT2D eigenvalue weighted by molar-refractivity contribution is -0.137. The van der Waals surface area contributed by atoms with Gasteiger partial charge in [-0.15, -0.1) is 0 Å². The normalized spacial score (nSPS) is 25.1. The molecule has 1 fully saturated rings. The maximum atomic E-state index is 12.1. The molecule has 2 unspecified atom stereocenters. The van der Waals surface area contributed by atoms with Gasteiger partial charge in [0.1, 0.15) is 11.4 Å². The molecule has 0 aliphatic heterocycles. The lowest BCUT2D eigenvalue weighted by Crippen LogP contribution is -2.61. The number of carbonyl (C=O) groups is 1. The molecule has 2 rings (SSSR count). The first-order chi connectivity index (χ1) is 9.13. The lowest BCUT2D eigenvalue weighted by Gasteiger charge is -2.49. The van der Waals surface area contributed by atoms with Crippen LogP contribution in [0, 0.1) is 5.41 Å². The highest BCUT2D eigenvalue weighted by atomic mass is 32.2. The van der Waals surface area contributed by atoms with Gasteiger partial charge >= 0.3 is 5.97 Å². The molecule has 20 heavy (non-hydrogen) atoms. The molecule has 8 nitrogen and oxygen atoms in total. The van der Waals surface area contributed by atoms with Gasteiger partial charge in [-0.05, 0) is 6.42 Å². The van der Waals surface area contributed by atoms with Crippen LogP contribution in [0.5, 0.6) is 0 Å². The number of sulfonamides is 1. The lowest BCUT2D eigenvalue weighted by atomic mass is 9.65. The fourth-order valence-electron chi connectivity index (χ4n) is 2.07. The first kappa shape index (κ1) is 14.9. The van der Waals surface area contributed by atoms with Crippen molar-refractivity contribution in [2.24, 2.45) is 5.41 Å². The average Bonchev–Trinajstić information content (AvgIpc) is 2.77. The number of aliphatic carboxylic acids is 1. The number of carboxylic acids is 1. The molecule has 0 saturated heterocycles. The Balaban J connectivity index is 2.11. The van der Waals surface area contributed by atoms with Crippen LogP contribution in [-0.2, 0) is 21.4 Å². The molecular formula is C11H17N3O5S. The summed E-state index contributed by atoms with van der Waals surface area (Å²) in [5.74, 6) is -1.10. The molecule has 0 radical (unpaired) electrons. The topological polar surface area (TPSA) is 122 Å². The Morgan fingerprint density at radius 2 is 2.25 bits per heavy atom. The minimum absolute atomic E-state index is 0.0871. The van der Waals surface area contributed by atoms with E-state index in [-0.39, 0.29) is 10.9 Å². The molecule has 0 spiro atoms. The Kier molecular flexibility index (Phi) is 3.61. The number of aliphatic hydroxyl groups is 1. The largest absolute Gasteiger partial charge is 0.480 e. The standard InChI is InChI=1S/C11H17N3O5S/c1-11(2)8(3-9(11)15)13-20(18,19)7-4-12-14(5-7)6-10(16)17/h4-5,8-9,13,15H,3,6H2,1-2H3,(H,16,17). The first-order valence-corrected chi connectivity index (χ1v) is 7.56. The zero-order valence-corrected chi connectivity index (χ0v) is 12.0. The van der Waals surface area contributed by atoms with Gasteiger partial charge in [0, 0.05) is 17.7 Å². The summed E-state index contributed by atoms with van der Waals surface area (Å²) < 4.78 is 27.8. The van der Waals surface area contributed by atoms with Crippen molar-refractivity contribution in [1.29, 1.82) is 0 Å².